The number of hydrogen-bond donors (Lipinski definition) is 6. The van der Waals surface area contributed by atoms with Crippen molar-refractivity contribution in [2.24, 2.45) is 5.92 Å². The highest BCUT2D eigenvalue weighted by molar-refractivity contribution is 7.98. The Bertz CT molecular complexity index is 683. The number of nitrogens with one attached hydrogen (secondary N) is 4. The van der Waals surface area contributed by atoms with Crippen LogP contribution in [-0.2, 0) is 24.0 Å². The lowest BCUT2D eigenvalue weighted by atomic mass is 10.0. The van der Waals surface area contributed by atoms with Crippen molar-refractivity contribution in [3.05, 3.63) is 0 Å². The van der Waals surface area contributed by atoms with Gasteiger partial charge in [0.1, 0.15) is 18.1 Å². The van der Waals surface area contributed by atoms with Gasteiger partial charge in [-0.25, -0.2) is 4.79 Å². The smallest absolute Gasteiger partial charge is 0.326 e. The third kappa shape index (κ3) is 9.43. The second-order valence-electron chi connectivity index (χ2n) is 8.05. The molecular formula is C20H34N4O7S. The number of carboxylic acid groups (broad SMARTS) is 2. The zero-order valence-electron chi connectivity index (χ0n) is 18.7. The van der Waals surface area contributed by atoms with E-state index in [1.54, 1.807) is 13.8 Å². The zero-order chi connectivity index (χ0) is 24.3. The van der Waals surface area contributed by atoms with Crippen molar-refractivity contribution in [2.75, 3.05) is 18.6 Å². The maximum Gasteiger partial charge on any atom is 0.326 e. The lowest BCUT2D eigenvalue weighted by Crippen LogP contribution is -2.57. The van der Waals surface area contributed by atoms with Gasteiger partial charge in [-0.2, -0.15) is 11.8 Å². The highest BCUT2D eigenvalue weighted by Gasteiger charge is 2.32. The van der Waals surface area contributed by atoms with Gasteiger partial charge in [-0.3, -0.25) is 19.2 Å². The van der Waals surface area contributed by atoms with Crippen LogP contribution in [0.4, 0.5) is 0 Å². The summed E-state index contributed by atoms with van der Waals surface area (Å²) >= 11 is 1.49. The fourth-order valence-electron chi connectivity index (χ4n) is 3.26. The van der Waals surface area contributed by atoms with Crippen LogP contribution in [0.3, 0.4) is 0 Å². The molecule has 3 amide bonds. The Labute approximate surface area is 191 Å². The summed E-state index contributed by atoms with van der Waals surface area (Å²) in [4.78, 5) is 60.5. The van der Waals surface area contributed by atoms with Gasteiger partial charge in [0.15, 0.2) is 0 Å². The molecule has 1 heterocycles. The SMILES string of the molecule is CSCCC(NC(=O)C1CCCN1)C(=O)NC(CCC(=O)O)C(=O)NC(C(=O)O)C(C)C. The van der Waals surface area contributed by atoms with E-state index in [1.165, 1.54) is 11.8 Å². The molecule has 11 nitrogen and oxygen atoms in total. The molecule has 0 bridgehead atoms. The summed E-state index contributed by atoms with van der Waals surface area (Å²) < 4.78 is 0. The van der Waals surface area contributed by atoms with E-state index in [2.05, 4.69) is 21.3 Å². The van der Waals surface area contributed by atoms with Crippen LogP contribution in [-0.4, -0.2) is 82.6 Å². The van der Waals surface area contributed by atoms with Crippen LogP contribution >= 0.6 is 11.8 Å². The molecule has 1 aliphatic rings. The highest BCUT2D eigenvalue weighted by atomic mass is 32.2. The fraction of sp³-hybridized carbons (Fsp3) is 0.750. The number of rotatable bonds is 14. The second kappa shape index (κ2) is 13.9. The van der Waals surface area contributed by atoms with E-state index < -0.39 is 54.2 Å². The summed E-state index contributed by atoms with van der Waals surface area (Å²) in [5, 5.41) is 28.9. The third-order valence-corrected chi connectivity index (χ3v) is 5.77. The van der Waals surface area contributed by atoms with E-state index in [1.807, 2.05) is 6.26 Å². The zero-order valence-corrected chi connectivity index (χ0v) is 19.5. The first-order valence-corrected chi connectivity index (χ1v) is 12.0. The summed E-state index contributed by atoms with van der Waals surface area (Å²) in [6, 6.07) is -3.73. The van der Waals surface area contributed by atoms with Crippen molar-refractivity contribution < 1.29 is 34.2 Å². The number of carbonyl (C=O) groups excluding carboxylic acids is 3. The van der Waals surface area contributed by atoms with Gasteiger partial charge in [0.05, 0.1) is 6.04 Å². The van der Waals surface area contributed by atoms with Crippen LogP contribution in [0.1, 0.15) is 46.0 Å². The van der Waals surface area contributed by atoms with Crippen LogP contribution in [0.5, 0.6) is 0 Å². The highest BCUT2D eigenvalue weighted by Crippen LogP contribution is 2.09. The Morgan fingerprint density at radius 2 is 1.62 bits per heavy atom. The van der Waals surface area contributed by atoms with Crippen LogP contribution in [0, 0.1) is 5.92 Å². The molecule has 0 aromatic rings. The molecule has 0 radical (unpaired) electrons. The molecule has 4 unspecified atom stereocenters. The van der Waals surface area contributed by atoms with Gasteiger partial charge in [0.25, 0.3) is 0 Å². The van der Waals surface area contributed by atoms with Crippen molar-refractivity contribution in [1.29, 1.82) is 0 Å². The van der Waals surface area contributed by atoms with E-state index >= 15 is 0 Å². The van der Waals surface area contributed by atoms with E-state index in [0.29, 0.717) is 18.6 Å². The molecule has 0 aromatic carbocycles. The largest absolute Gasteiger partial charge is 0.481 e. The van der Waals surface area contributed by atoms with Crippen molar-refractivity contribution in [2.45, 2.75) is 70.1 Å². The molecule has 1 saturated heterocycles. The summed E-state index contributed by atoms with van der Waals surface area (Å²) in [5.41, 5.74) is 0. The predicted octanol–water partition coefficient (Wildman–Crippen LogP) is -0.449. The molecule has 0 aromatic heterocycles. The Morgan fingerprint density at radius 1 is 1.00 bits per heavy atom. The number of aliphatic carboxylic acids is 2. The first kappa shape index (κ1) is 27.7. The molecule has 1 fully saturated rings. The van der Waals surface area contributed by atoms with Gasteiger partial charge in [-0.15, -0.1) is 0 Å². The second-order valence-corrected chi connectivity index (χ2v) is 9.04. The van der Waals surface area contributed by atoms with Crippen LogP contribution in [0.25, 0.3) is 0 Å². The monoisotopic (exact) mass is 474 g/mol. The Balaban J connectivity index is 2.92. The van der Waals surface area contributed by atoms with Crippen molar-refractivity contribution in [3.63, 3.8) is 0 Å². The molecule has 0 saturated carbocycles. The summed E-state index contributed by atoms with van der Waals surface area (Å²) in [7, 11) is 0. The number of carbonyl (C=O) groups is 5. The summed E-state index contributed by atoms with van der Waals surface area (Å²) in [5.74, 6) is -3.93. The molecular weight excluding hydrogens is 440 g/mol. The van der Waals surface area contributed by atoms with Gasteiger partial charge in [0.2, 0.25) is 17.7 Å². The van der Waals surface area contributed by atoms with Crippen LogP contribution < -0.4 is 21.3 Å². The van der Waals surface area contributed by atoms with Gasteiger partial charge in [-0.05, 0) is 50.2 Å². The molecule has 1 aliphatic heterocycles. The molecule has 32 heavy (non-hydrogen) atoms. The Kier molecular flexibility index (Phi) is 12.1. The van der Waals surface area contributed by atoms with Crippen LogP contribution in [0.2, 0.25) is 0 Å². The standard InChI is InChI=1S/C20H34N4O7S/c1-11(2)16(20(30)31)24-19(29)13(6-7-15(25)26)22-18(28)14(8-10-32-3)23-17(27)12-5-4-9-21-12/h11-14,16,21H,4-10H2,1-3H3,(H,22,28)(H,23,27)(H,24,29)(H,25,26)(H,30,31). The van der Waals surface area contributed by atoms with E-state index in [9.17, 15) is 29.1 Å². The third-order valence-electron chi connectivity index (χ3n) is 5.13. The fourth-order valence-corrected chi connectivity index (χ4v) is 3.73. The first-order chi connectivity index (χ1) is 15.1. The van der Waals surface area contributed by atoms with Crippen molar-refractivity contribution >= 4 is 41.4 Å². The number of carboxylic acids is 2. The molecule has 1 rings (SSSR count). The number of amides is 3. The molecule has 12 heteroatoms. The molecule has 0 aliphatic carbocycles. The Morgan fingerprint density at radius 3 is 2.12 bits per heavy atom. The van der Waals surface area contributed by atoms with Gasteiger partial charge in [0, 0.05) is 6.42 Å². The van der Waals surface area contributed by atoms with Crippen LogP contribution in [0.15, 0.2) is 0 Å². The lowest BCUT2D eigenvalue weighted by Gasteiger charge is -2.25. The molecule has 4 atom stereocenters. The minimum Gasteiger partial charge on any atom is -0.481 e. The van der Waals surface area contributed by atoms with Gasteiger partial charge in [-0.1, -0.05) is 13.8 Å². The molecule has 6 N–H and O–H groups in total. The average molecular weight is 475 g/mol. The quantitative estimate of drug-likeness (QED) is 0.195. The Hall–Kier alpha value is -2.34. The van der Waals surface area contributed by atoms with E-state index in [0.717, 1.165) is 13.0 Å². The summed E-state index contributed by atoms with van der Waals surface area (Å²) in [6.45, 7) is 3.96. The predicted molar refractivity (Wildman–Crippen MR) is 119 cm³/mol. The number of thioether (sulfide) groups is 1. The van der Waals surface area contributed by atoms with Gasteiger partial charge < -0.3 is 31.5 Å². The van der Waals surface area contributed by atoms with Gasteiger partial charge >= 0.3 is 11.9 Å². The minimum atomic E-state index is -1.25. The van der Waals surface area contributed by atoms with E-state index in [-0.39, 0.29) is 18.4 Å². The molecule has 0 spiro atoms. The van der Waals surface area contributed by atoms with E-state index in [4.69, 9.17) is 5.11 Å². The maximum atomic E-state index is 12.9. The minimum absolute atomic E-state index is 0.218. The van der Waals surface area contributed by atoms with Crippen molar-refractivity contribution in [1.82, 2.24) is 21.3 Å². The molecule has 182 valence electrons. The van der Waals surface area contributed by atoms with Crippen molar-refractivity contribution in [3.8, 4) is 0 Å². The topological polar surface area (TPSA) is 174 Å². The average Bonchev–Trinajstić information content (AvgIpc) is 3.26. The number of hydrogen-bond acceptors (Lipinski definition) is 7. The first-order valence-electron chi connectivity index (χ1n) is 10.6. The maximum absolute atomic E-state index is 12.9. The summed E-state index contributed by atoms with van der Waals surface area (Å²) in [6.07, 6.45) is 3.09. The lowest BCUT2D eigenvalue weighted by molar-refractivity contribution is -0.144. The normalized spacial score (nSPS) is 18.4.